The molecule has 0 aromatic carbocycles. The number of ether oxygens (including phenoxy) is 1. The van der Waals surface area contributed by atoms with E-state index in [1.165, 1.54) is 4.88 Å². The van der Waals surface area contributed by atoms with Crippen LogP contribution in [0.1, 0.15) is 32.1 Å². The van der Waals surface area contributed by atoms with Crippen LogP contribution >= 0.6 is 11.3 Å². The van der Waals surface area contributed by atoms with Crippen LogP contribution in [0.25, 0.3) is 0 Å². The number of hydrogen-bond acceptors (Lipinski definition) is 3. The Morgan fingerprint density at radius 1 is 1.50 bits per heavy atom. The maximum Gasteiger partial charge on any atom is 0.306 e. The van der Waals surface area contributed by atoms with Gasteiger partial charge in [-0.15, -0.1) is 11.3 Å². The Balaban J connectivity index is 2.29. The molecule has 0 aliphatic heterocycles. The summed E-state index contributed by atoms with van der Waals surface area (Å²) in [6.07, 6.45) is 1.25. The Bertz CT molecular complexity index is 283. The predicted octanol–water partition coefficient (Wildman–Crippen LogP) is 3.02. The first-order valence-electron chi connectivity index (χ1n) is 4.71. The molecule has 14 heavy (non-hydrogen) atoms. The minimum Gasteiger partial charge on any atom is -0.460 e. The van der Waals surface area contributed by atoms with E-state index in [1.54, 1.807) is 11.3 Å². The lowest BCUT2D eigenvalue weighted by atomic mass is 10.2. The van der Waals surface area contributed by atoms with Crippen LogP contribution in [0.3, 0.4) is 0 Å². The highest BCUT2D eigenvalue weighted by Crippen LogP contribution is 2.13. The van der Waals surface area contributed by atoms with Gasteiger partial charge in [-0.1, -0.05) is 6.07 Å². The lowest BCUT2D eigenvalue weighted by molar-refractivity contribution is -0.154. The number of rotatable bonds is 3. The van der Waals surface area contributed by atoms with Crippen molar-refractivity contribution in [2.45, 2.75) is 39.2 Å². The van der Waals surface area contributed by atoms with E-state index in [0.717, 1.165) is 6.42 Å². The molecule has 0 saturated carbocycles. The Kier molecular flexibility index (Phi) is 3.69. The molecular weight excluding hydrogens is 196 g/mol. The highest BCUT2D eigenvalue weighted by Gasteiger charge is 2.15. The molecule has 0 aliphatic carbocycles. The first kappa shape index (κ1) is 11.2. The average Bonchev–Trinajstić information content (AvgIpc) is 2.49. The molecule has 0 saturated heterocycles. The summed E-state index contributed by atoms with van der Waals surface area (Å²) in [5, 5.41) is 2.02. The molecule has 0 radical (unpaired) electrons. The molecule has 0 amide bonds. The summed E-state index contributed by atoms with van der Waals surface area (Å²) in [5.74, 6) is -0.120. The van der Waals surface area contributed by atoms with Crippen molar-refractivity contribution in [2.24, 2.45) is 0 Å². The Hall–Kier alpha value is -0.830. The summed E-state index contributed by atoms with van der Waals surface area (Å²) >= 11 is 1.68. The normalized spacial score (nSPS) is 11.4. The standard InChI is InChI=1S/C11H16O2S/c1-11(2,3)13-10(12)7-6-9-5-4-8-14-9/h4-5,8H,6-7H2,1-3H3. The fraction of sp³-hybridized carbons (Fsp3) is 0.545. The summed E-state index contributed by atoms with van der Waals surface area (Å²) in [6.45, 7) is 5.65. The second kappa shape index (κ2) is 4.60. The fourth-order valence-electron chi connectivity index (χ4n) is 1.07. The van der Waals surface area contributed by atoms with Gasteiger partial charge in [0, 0.05) is 4.88 Å². The number of thiophene rings is 1. The van der Waals surface area contributed by atoms with E-state index in [-0.39, 0.29) is 11.6 Å². The van der Waals surface area contributed by atoms with Crippen LogP contribution in [-0.2, 0) is 16.0 Å². The molecule has 0 atom stereocenters. The van der Waals surface area contributed by atoms with E-state index in [2.05, 4.69) is 0 Å². The second-order valence-electron chi connectivity index (χ2n) is 4.17. The van der Waals surface area contributed by atoms with Gasteiger partial charge < -0.3 is 4.74 Å². The fourth-order valence-corrected chi connectivity index (χ4v) is 1.78. The van der Waals surface area contributed by atoms with Gasteiger partial charge in [0.15, 0.2) is 0 Å². The van der Waals surface area contributed by atoms with Gasteiger partial charge in [-0.2, -0.15) is 0 Å². The topological polar surface area (TPSA) is 26.3 Å². The third-order valence-electron chi connectivity index (χ3n) is 1.58. The van der Waals surface area contributed by atoms with Crippen LogP contribution < -0.4 is 0 Å². The van der Waals surface area contributed by atoms with E-state index in [9.17, 15) is 4.79 Å². The number of carbonyl (C=O) groups is 1. The molecular formula is C11H16O2S. The molecule has 0 unspecified atom stereocenters. The van der Waals surface area contributed by atoms with E-state index in [1.807, 2.05) is 38.3 Å². The van der Waals surface area contributed by atoms with Gasteiger partial charge in [0.1, 0.15) is 5.60 Å². The Morgan fingerprint density at radius 3 is 2.71 bits per heavy atom. The zero-order valence-corrected chi connectivity index (χ0v) is 9.69. The molecule has 78 valence electrons. The Morgan fingerprint density at radius 2 is 2.21 bits per heavy atom. The number of esters is 1. The summed E-state index contributed by atoms with van der Waals surface area (Å²) in [6, 6.07) is 4.03. The lowest BCUT2D eigenvalue weighted by Crippen LogP contribution is -2.23. The average molecular weight is 212 g/mol. The molecule has 1 aromatic rings. The van der Waals surface area contributed by atoms with Crippen LogP contribution in [0.4, 0.5) is 0 Å². The molecule has 0 spiro atoms. The van der Waals surface area contributed by atoms with Gasteiger partial charge in [0.2, 0.25) is 0 Å². The maximum atomic E-state index is 11.3. The molecule has 0 N–H and O–H groups in total. The summed E-state index contributed by atoms with van der Waals surface area (Å²) in [5.41, 5.74) is -0.369. The molecule has 0 fully saturated rings. The molecule has 2 nitrogen and oxygen atoms in total. The van der Waals surface area contributed by atoms with E-state index >= 15 is 0 Å². The first-order valence-corrected chi connectivity index (χ1v) is 5.59. The van der Waals surface area contributed by atoms with E-state index in [4.69, 9.17) is 4.74 Å². The molecule has 1 heterocycles. The van der Waals surface area contributed by atoms with Crippen LogP contribution in [-0.4, -0.2) is 11.6 Å². The molecule has 1 rings (SSSR count). The van der Waals surface area contributed by atoms with Crippen molar-refractivity contribution in [1.82, 2.24) is 0 Å². The van der Waals surface area contributed by atoms with Crippen LogP contribution in [0.2, 0.25) is 0 Å². The van der Waals surface area contributed by atoms with Gasteiger partial charge in [0.25, 0.3) is 0 Å². The minimum absolute atomic E-state index is 0.120. The van der Waals surface area contributed by atoms with E-state index < -0.39 is 0 Å². The second-order valence-corrected chi connectivity index (χ2v) is 5.20. The van der Waals surface area contributed by atoms with Crippen molar-refractivity contribution in [1.29, 1.82) is 0 Å². The molecule has 0 aliphatic rings. The zero-order chi connectivity index (χ0) is 10.6. The molecule has 1 aromatic heterocycles. The summed E-state index contributed by atoms with van der Waals surface area (Å²) < 4.78 is 5.20. The maximum absolute atomic E-state index is 11.3. The van der Waals surface area contributed by atoms with Crippen molar-refractivity contribution < 1.29 is 9.53 Å². The van der Waals surface area contributed by atoms with Crippen molar-refractivity contribution in [3.05, 3.63) is 22.4 Å². The highest BCUT2D eigenvalue weighted by atomic mass is 32.1. The SMILES string of the molecule is CC(C)(C)OC(=O)CCc1cccs1. The van der Waals surface area contributed by atoms with Crippen LogP contribution in [0.5, 0.6) is 0 Å². The number of aryl methyl sites for hydroxylation is 1. The third kappa shape index (κ3) is 4.42. The summed E-state index contributed by atoms with van der Waals surface area (Å²) in [7, 11) is 0. The van der Waals surface area contributed by atoms with E-state index in [0.29, 0.717) is 6.42 Å². The highest BCUT2D eigenvalue weighted by molar-refractivity contribution is 7.09. The first-order chi connectivity index (χ1) is 6.47. The van der Waals surface area contributed by atoms with Crippen LogP contribution in [0.15, 0.2) is 17.5 Å². The molecule has 0 bridgehead atoms. The van der Waals surface area contributed by atoms with Gasteiger partial charge in [-0.05, 0) is 38.6 Å². The monoisotopic (exact) mass is 212 g/mol. The Labute approximate surface area is 88.9 Å². The smallest absolute Gasteiger partial charge is 0.306 e. The molecule has 3 heteroatoms. The number of carbonyl (C=O) groups excluding carboxylic acids is 1. The quantitative estimate of drug-likeness (QED) is 0.720. The zero-order valence-electron chi connectivity index (χ0n) is 8.87. The van der Waals surface area contributed by atoms with Crippen LogP contribution in [0, 0.1) is 0 Å². The van der Waals surface area contributed by atoms with Crippen molar-refractivity contribution >= 4 is 17.3 Å². The summed E-state index contributed by atoms with van der Waals surface area (Å²) in [4.78, 5) is 12.6. The lowest BCUT2D eigenvalue weighted by Gasteiger charge is -2.19. The third-order valence-corrected chi connectivity index (χ3v) is 2.51. The largest absolute Gasteiger partial charge is 0.460 e. The van der Waals surface area contributed by atoms with Gasteiger partial charge in [-0.25, -0.2) is 0 Å². The van der Waals surface area contributed by atoms with Gasteiger partial charge >= 0.3 is 5.97 Å². The van der Waals surface area contributed by atoms with Gasteiger partial charge in [-0.3, -0.25) is 4.79 Å². The minimum atomic E-state index is -0.369. The van der Waals surface area contributed by atoms with Crippen molar-refractivity contribution in [3.8, 4) is 0 Å². The number of hydrogen-bond donors (Lipinski definition) is 0. The van der Waals surface area contributed by atoms with Crippen molar-refractivity contribution in [3.63, 3.8) is 0 Å². The van der Waals surface area contributed by atoms with Gasteiger partial charge in [0.05, 0.1) is 6.42 Å². The predicted molar refractivity (Wildman–Crippen MR) is 58.5 cm³/mol. The van der Waals surface area contributed by atoms with Crippen molar-refractivity contribution in [2.75, 3.05) is 0 Å².